The minimum absolute atomic E-state index is 0.0692. The van der Waals surface area contributed by atoms with Crippen LogP contribution in [0, 0.1) is 0 Å². The van der Waals surface area contributed by atoms with Gasteiger partial charge in [0.25, 0.3) is 5.56 Å². The normalized spacial score (nSPS) is 10.5. The highest BCUT2D eigenvalue weighted by atomic mass is 35.5. The molecular weight excluding hydrogens is 351 g/mol. The number of anilines is 1. The highest BCUT2D eigenvalue weighted by Crippen LogP contribution is 2.15. The lowest BCUT2D eigenvalue weighted by molar-refractivity contribution is -0.131. The summed E-state index contributed by atoms with van der Waals surface area (Å²) in [6, 6.07) is 7.89. The Morgan fingerprint density at radius 3 is 2.38 bits per heavy atom. The van der Waals surface area contributed by atoms with Crippen LogP contribution in [0.15, 0.2) is 35.3 Å². The van der Waals surface area contributed by atoms with Crippen molar-refractivity contribution in [1.82, 2.24) is 14.7 Å². The first-order chi connectivity index (χ1) is 11.3. The van der Waals surface area contributed by atoms with E-state index < -0.39 is 5.56 Å². The fourth-order valence-corrected chi connectivity index (χ4v) is 2.34. The third-order valence-corrected chi connectivity index (χ3v) is 4.27. The molecule has 0 saturated carbocycles. The maximum absolute atomic E-state index is 12.3. The van der Waals surface area contributed by atoms with E-state index in [-0.39, 0.29) is 22.5 Å². The molecular formula is C16H18Cl2N4O2. The standard InChI is InChI=1S/C16H18Cl2N4O2/c1-20(2)12-6-4-11(5-7-12)9-21(3)14(23)10-22-16(24)15(18)13(17)8-19-22/h4-8H,9-10H2,1-3H3. The largest absolute Gasteiger partial charge is 0.378 e. The number of nitrogens with zero attached hydrogens (tertiary/aromatic N) is 4. The van der Waals surface area contributed by atoms with Crippen LogP contribution < -0.4 is 10.5 Å². The van der Waals surface area contributed by atoms with Crippen LogP contribution in [0.1, 0.15) is 5.56 Å². The molecule has 1 aromatic carbocycles. The summed E-state index contributed by atoms with van der Waals surface area (Å²) < 4.78 is 1.00. The molecule has 24 heavy (non-hydrogen) atoms. The first kappa shape index (κ1) is 18.3. The van der Waals surface area contributed by atoms with Crippen LogP contribution in [0.5, 0.6) is 0 Å². The molecule has 0 aliphatic rings. The molecule has 128 valence electrons. The summed E-state index contributed by atoms with van der Waals surface area (Å²) in [6.45, 7) is 0.241. The Kier molecular flexibility index (Phi) is 5.85. The molecule has 0 aliphatic carbocycles. The van der Waals surface area contributed by atoms with Gasteiger partial charge in [0.05, 0.1) is 11.2 Å². The van der Waals surface area contributed by atoms with E-state index in [1.54, 1.807) is 7.05 Å². The molecule has 0 saturated heterocycles. The zero-order valence-corrected chi connectivity index (χ0v) is 15.2. The molecule has 6 nitrogen and oxygen atoms in total. The van der Waals surface area contributed by atoms with E-state index >= 15 is 0 Å². The average Bonchev–Trinajstić information content (AvgIpc) is 2.55. The summed E-state index contributed by atoms with van der Waals surface area (Å²) in [7, 11) is 5.60. The lowest BCUT2D eigenvalue weighted by Gasteiger charge is -2.18. The quantitative estimate of drug-likeness (QED) is 0.812. The molecule has 0 aliphatic heterocycles. The maximum Gasteiger partial charge on any atom is 0.287 e. The highest BCUT2D eigenvalue weighted by Gasteiger charge is 2.14. The lowest BCUT2D eigenvalue weighted by atomic mass is 10.2. The van der Waals surface area contributed by atoms with Gasteiger partial charge < -0.3 is 9.80 Å². The van der Waals surface area contributed by atoms with E-state index in [1.165, 1.54) is 11.1 Å². The molecule has 0 fully saturated rings. The summed E-state index contributed by atoms with van der Waals surface area (Å²) in [6.07, 6.45) is 1.25. The van der Waals surface area contributed by atoms with Crippen molar-refractivity contribution in [3.05, 3.63) is 56.4 Å². The molecule has 1 heterocycles. The fraction of sp³-hybridized carbons (Fsp3) is 0.312. The van der Waals surface area contributed by atoms with E-state index in [4.69, 9.17) is 23.2 Å². The molecule has 0 radical (unpaired) electrons. The predicted molar refractivity (Wildman–Crippen MR) is 95.8 cm³/mol. The van der Waals surface area contributed by atoms with Crippen molar-refractivity contribution < 1.29 is 4.79 Å². The van der Waals surface area contributed by atoms with Crippen LogP contribution in [-0.4, -0.2) is 41.7 Å². The van der Waals surface area contributed by atoms with Crippen LogP contribution in [0.2, 0.25) is 10.0 Å². The molecule has 8 heteroatoms. The predicted octanol–water partition coefficient (Wildman–Crippen LogP) is 2.27. The zero-order chi connectivity index (χ0) is 17.9. The molecule has 1 amide bonds. The van der Waals surface area contributed by atoms with Crippen LogP contribution in [0.3, 0.4) is 0 Å². The van der Waals surface area contributed by atoms with Crippen LogP contribution in [0.4, 0.5) is 5.69 Å². The highest BCUT2D eigenvalue weighted by molar-refractivity contribution is 6.41. The van der Waals surface area contributed by atoms with Crippen molar-refractivity contribution in [2.45, 2.75) is 13.1 Å². The van der Waals surface area contributed by atoms with Gasteiger partial charge in [0.2, 0.25) is 5.91 Å². The molecule has 0 bridgehead atoms. The van der Waals surface area contributed by atoms with Gasteiger partial charge >= 0.3 is 0 Å². The molecule has 0 spiro atoms. The molecule has 2 aromatic rings. The van der Waals surface area contributed by atoms with Gasteiger partial charge in [-0.1, -0.05) is 35.3 Å². The Morgan fingerprint density at radius 2 is 1.79 bits per heavy atom. The van der Waals surface area contributed by atoms with Gasteiger partial charge in [0.1, 0.15) is 11.6 Å². The number of halogens is 2. The van der Waals surface area contributed by atoms with Gasteiger partial charge in [0, 0.05) is 33.4 Å². The van der Waals surface area contributed by atoms with Gasteiger partial charge in [-0.05, 0) is 17.7 Å². The minimum Gasteiger partial charge on any atom is -0.378 e. The van der Waals surface area contributed by atoms with Crippen molar-refractivity contribution >= 4 is 34.8 Å². The maximum atomic E-state index is 12.3. The fourth-order valence-electron chi connectivity index (χ4n) is 2.07. The van der Waals surface area contributed by atoms with E-state index in [2.05, 4.69) is 5.10 Å². The Hall–Kier alpha value is -2.05. The van der Waals surface area contributed by atoms with Crippen LogP contribution in [0.25, 0.3) is 0 Å². The van der Waals surface area contributed by atoms with Gasteiger partial charge in [-0.25, -0.2) is 4.68 Å². The summed E-state index contributed by atoms with van der Waals surface area (Å²) in [5, 5.41) is 3.77. The Bertz CT molecular complexity index is 788. The van der Waals surface area contributed by atoms with Gasteiger partial charge in [-0.15, -0.1) is 0 Å². The van der Waals surface area contributed by atoms with Gasteiger partial charge in [0.15, 0.2) is 0 Å². The smallest absolute Gasteiger partial charge is 0.287 e. The third kappa shape index (κ3) is 4.27. The Labute approximate surface area is 150 Å². The SMILES string of the molecule is CN(Cc1ccc(N(C)C)cc1)C(=O)Cn1ncc(Cl)c(Cl)c1=O. The summed E-state index contributed by atoms with van der Waals surface area (Å²) in [5.41, 5.74) is 1.49. The lowest BCUT2D eigenvalue weighted by Crippen LogP contribution is -2.34. The second-order valence-corrected chi connectivity index (χ2v) is 6.37. The number of rotatable bonds is 5. The number of hydrogen-bond acceptors (Lipinski definition) is 4. The first-order valence-corrected chi connectivity index (χ1v) is 7.96. The van der Waals surface area contributed by atoms with E-state index in [1.807, 2.05) is 43.3 Å². The van der Waals surface area contributed by atoms with Crippen molar-refractivity contribution in [2.24, 2.45) is 0 Å². The zero-order valence-electron chi connectivity index (χ0n) is 13.7. The van der Waals surface area contributed by atoms with Crippen molar-refractivity contribution in [1.29, 1.82) is 0 Å². The monoisotopic (exact) mass is 368 g/mol. The second kappa shape index (κ2) is 7.68. The van der Waals surface area contributed by atoms with E-state index in [0.717, 1.165) is 15.9 Å². The number of hydrogen-bond donors (Lipinski definition) is 0. The average molecular weight is 369 g/mol. The molecule has 0 atom stereocenters. The number of aromatic nitrogens is 2. The third-order valence-electron chi connectivity index (χ3n) is 3.53. The number of carbonyl (C=O) groups is 1. The first-order valence-electron chi connectivity index (χ1n) is 7.21. The van der Waals surface area contributed by atoms with Gasteiger partial charge in [-0.3, -0.25) is 9.59 Å². The van der Waals surface area contributed by atoms with Crippen molar-refractivity contribution in [3.63, 3.8) is 0 Å². The molecule has 2 rings (SSSR count). The van der Waals surface area contributed by atoms with Crippen LogP contribution >= 0.6 is 23.2 Å². The van der Waals surface area contributed by atoms with Crippen molar-refractivity contribution in [3.8, 4) is 0 Å². The molecule has 0 N–H and O–H groups in total. The summed E-state index contributed by atoms with van der Waals surface area (Å²) in [4.78, 5) is 27.7. The topological polar surface area (TPSA) is 58.4 Å². The Balaban J connectivity index is 2.05. The number of amides is 1. The molecule has 1 aromatic heterocycles. The number of benzene rings is 1. The molecule has 0 unspecified atom stereocenters. The summed E-state index contributed by atoms with van der Waals surface area (Å²) in [5.74, 6) is -0.250. The van der Waals surface area contributed by atoms with E-state index in [9.17, 15) is 9.59 Å². The Morgan fingerprint density at radius 1 is 1.17 bits per heavy atom. The van der Waals surface area contributed by atoms with Crippen molar-refractivity contribution in [2.75, 3.05) is 26.0 Å². The number of likely N-dealkylation sites (N-methyl/N-ethyl adjacent to an activating group) is 1. The summed E-state index contributed by atoms with van der Waals surface area (Å²) >= 11 is 11.5. The van der Waals surface area contributed by atoms with Crippen LogP contribution in [-0.2, 0) is 17.9 Å². The van der Waals surface area contributed by atoms with Gasteiger partial charge in [-0.2, -0.15) is 5.10 Å². The second-order valence-electron chi connectivity index (χ2n) is 5.58. The minimum atomic E-state index is -0.582. The number of carbonyl (C=O) groups excluding carboxylic acids is 1. The van der Waals surface area contributed by atoms with E-state index in [0.29, 0.717) is 6.54 Å².